The number of nitrogens with one attached hydrogen (secondary N) is 1. The quantitative estimate of drug-likeness (QED) is 0.780. The van der Waals surface area contributed by atoms with Gasteiger partial charge < -0.3 is 15.1 Å². The summed E-state index contributed by atoms with van der Waals surface area (Å²) in [5.41, 5.74) is 3.36. The molecule has 1 heterocycles. The predicted molar refractivity (Wildman–Crippen MR) is 112 cm³/mol. The molecule has 1 saturated heterocycles. The van der Waals surface area contributed by atoms with Gasteiger partial charge in [-0.2, -0.15) is 0 Å². The van der Waals surface area contributed by atoms with Crippen LogP contribution in [0.5, 0.6) is 0 Å². The monoisotopic (exact) mass is 369 g/mol. The van der Waals surface area contributed by atoms with E-state index in [1.54, 1.807) is 11.8 Å². The predicted octanol–water partition coefficient (Wildman–Crippen LogP) is 4.89. The number of thioether (sulfide) groups is 1. The van der Waals surface area contributed by atoms with Crippen molar-refractivity contribution in [2.75, 3.05) is 42.7 Å². The Balaban J connectivity index is 1.62. The van der Waals surface area contributed by atoms with E-state index in [1.807, 2.05) is 23.1 Å². The van der Waals surface area contributed by atoms with E-state index in [0.717, 1.165) is 31.9 Å². The molecule has 1 fully saturated rings. The van der Waals surface area contributed by atoms with Crippen LogP contribution in [0.1, 0.15) is 25.3 Å². The fourth-order valence-corrected chi connectivity index (χ4v) is 3.97. The minimum Gasteiger partial charge on any atom is -0.367 e. The van der Waals surface area contributed by atoms with Gasteiger partial charge in [0.2, 0.25) is 0 Å². The second kappa shape index (κ2) is 8.49. The lowest BCUT2D eigenvalue weighted by atomic mass is 10.0. The molecule has 0 bridgehead atoms. The summed E-state index contributed by atoms with van der Waals surface area (Å²) >= 11 is 1.77. The van der Waals surface area contributed by atoms with Crippen molar-refractivity contribution in [3.05, 3.63) is 54.1 Å². The number of para-hydroxylation sites is 2. The first-order valence-corrected chi connectivity index (χ1v) is 10.4. The molecule has 1 aliphatic heterocycles. The van der Waals surface area contributed by atoms with E-state index in [9.17, 15) is 4.79 Å². The topological polar surface area (TPSA) is 35.6 Å². The summed E-state index contributed by atoms with van der Waals surface area (Å²) in [6, 6.07) is 16.5. The lowest BCUT2D eigenvalue weighted by molar-refractivity contribution is 0.208. The summed E-state index contributed by atoms with van der Waals surface area (Å²) in [6.07, 6.45) is 2.11. The Kier molecular flexibility index (Phi) is 6.09. The summed E-state index contributed by atoms with van der Waals surface area (Å²) < 4.78 is 0. The zero-order chi connectivity index (χ0) is 18.5. The minimum absolute atomic E-state index is 0.00379. The van der Waals surface area contributed by atoms with Gasteiger partial charge in [0.25, 0.3) is 0 Å². The molecule has 138 valence electrons. The number of rotatable bonds is 4. The summed E-state index contributed by atoms with van der Waals surface area (Å²) in [7, 11) is 0. The van der Waals surface area contributed by atoms with Crippen LogP contribution in [0.25, 0.3) is 0 Å². The Hall–Kier alpha value is -2.14. The van der Waals surface area contributed by atoms with E-state index in [4.69, 9.17) is 0 Å². The first-order valence-electron chi connectivity index (χ1n) is 9.13. The first kappa shape index (κ1) is 18.6. The van der Waals surface area contributed by atoms with Gasteiger partial charge in [0.15, 0.2) is 0 Å². The molecule has 0 unspecified atom stereocenters. The van der Waals surface area contributed by atoms with Gasteiger partial charge in [-0.25, -0.2) is 4.79 Å². The molecule has 0 radical (unpaired) electrons. The second-order valence-electron chi connectivity index (χ2n) is 6.82. The summed E-state index contributed by atoms with van der Waals surface area (Å²) in [5.74, 6) is 0.381. The SMILES string of the molecule is CSc1ccccc1N1CCN(C(=O)Nc2ccccc2C(C)C)CC1. The molecule has 1 aliphatic rings. The number of hydrogen-bond donors (Lipinski definition) is 1. The Labute approximate surface area is 160 Å². The molecular formula is C21H27N3OS. The molecule has 2 amide bonds. The molecule has 4 nitrogen and oxygen atoms in total. The fourth-order valence-electron chi connectivity index (χ4n) is 3.35. The van der Waals surface area contributed by atoms with Gasteiger partial charge in [-0.15, -0.1) is 11.8 Å². The maximum atomic E-state index is 12.7. The molecule has 2 aromatic carbocycles. The molecular weight excluding hydrogens is 342 g/mol. The van der Waals surface area contributed by atoms with Gasteiger partial charge in [-0.05, 0) is 35.9 Å². The summed E-state index contributed by atoms with van der Waals surface area (Å²) in [6.45, 7) is 7.48. The van der Waals surface area contributed by atoms with Crippen LogP contribution < -0.4 is 10.2 Å². The number of hydrogen-bond acceptors (Lipinski definition) is 3. The minimum atomic E-state index is -0.00379. The molecule has 2 aromatic rings. The molecule has 5 heteroatoms. The third-order valence-electron chi connectivity index (χ3n) is 4.82. The van der Waals surface area contributed by atoms with Crippen molar-refractivity contribution in [1.82, 2.24) is 4.90 Å². The Morgan fingerprint density at radius 1 is 1.00 bits per heavy atom. The highest BCUT2D eigenvalue weighted by Gasteiger charge is 2.23. The number of nitrogens with zero attached hydrogens (tertiary/aromatic N) is 2. The van der Waals surface area contributed by atoms with Crippen molar-refractivity contribution in [2.45, 2.75) is 24.7 Å². The van der Waals surface area contributed by atoms with E-state index >= 15 is 0 Å². The van der Waals surface area contributed by atoms with Crippen molar-refractivity contribution in [3.8, 4) is 0 Å². The second-order valence-corrected chi connectivity index (χ2v) is 7.67. The third kappa shape index (κ3) is 4.15. The van der Waals surface area contributed by atoms with Crippen molar-refractivity contribution < 1.29 is 4.79 Å². The van der Waals surface area contributed by atoms with Crippen LogP contribution in [0.2, 0.25) is 0 Å². The van der Waals surface area contributed by atoms with E-state index < -0.39 is 0 Å². The van der Waals surface area contributed by atoms with Crippen molar-refractivity contribution in [3.63, 3.8) is 0 Å². The van der Waals surface area contributed by atoms with Gasteiger partial charge in [0.1, 0.15) is 0 Å². The van der Waals surface area contributed by atoms with Crippen LogP contribution in [-0.2, 0) is 0 Å². The van der Waals surface area contributed by atoms with E-state index in [2.05, 4.69) is 60.7 Å². The molecule has 3 rings (SSSR count). The van der Waals surface area contributed by atoms with Crippen LogP contribution in [0, 0.1) is 0 Å². The zero-order valence-corrected chi connectivity index (χ0v) is 16.6. The molecule has 1 N–H and O–H groups in total. The van der Waals surface area contributed by atoms with Crippen LogP contribution >= 0.6 is 11.8 Å². The average Bonchev–Trinajstić information content (AvgIpc) is 2.68. The number of carbonyl (C=O) groups is 1. The molecule has 0 aromatic heterocycles. The smallest absolute Gasteiger partial charge is 0.321 e. The van der Waals surface area contributed by atoms with E-state index in [1.165, 1.54) is 16.1 Å². The van der Waals surface area contributed by atoms with Crippen LogP contribution in [0.15, 0.2) is 53.4 Å². The molecule has 26 heavy (non-hydrogen) atoms. The van der Waals surface area contributed by atoms with Crippen molar-refractivity contribution in [1.29, 1.82) is 0 Å². The zero-order valence-electron chi connectivity index (χ0n) is 15.7. The number of anilines is 2. The van der Waals surface area contributed by atoms with Crippen LogP contribution in [0.4, 0.5) is 16.2 Å². The van der Waals surface area contributed by atoms with Gasteiger partial charge in [0, 0.05) is 36.8 Å². The first-order chi connectivity index (χ1) is 12.6. The van der Waals surface area contributed by atoms with Gasteiger partial charge in [-0.1, -0.05) is 44.2 Å². The molecule has 0 aliphatic carbocycles. The highest BCUT2D eigenvalue weighted by molar-refractivity contribution is 7.98. The van der Waals surface area contributed by atoms with Gasteiger partial charge in [0.05, 0.1) is 5.69 Å². The van der Waals surface area contributed by atoms with Gasteiger partial charge >= 0.3 is 6.03 Å². The Morgan fingerprint density at radius 2 is 1.65 bits per heavy atom. The number of benzene rings is 2. The number of amides is 2. The number of urea groups is 1. The summed E-state index contributed by atoms with van der Waals surface area (Å²) in [5, 5.41) is 3.10. The molecule has 0 saturated carbocycles. The summed E-state index contributed by atoms with van der Waals surface area (Å²) in [4.78, 5) is 18.3. The van der Waals surface area contributed by atoms with Crippen molar-refractivity contribution >= 4 is 29.2 Å². The molecule has 0 atom stereocenters. The lowest BCUT2D eigenvalue weighted by Crippen LogP contribution is -2.50. The lowest BCUT2D eigenvalue weighted by Gasteiger charge is -2.37. The Bertz CT molecular complexity index is 754. The third-order valence-corrected chi connectivity index (χ3v) is 5.60. The van der Waals surface area contributed by atoms with Gasteiger partial charge in [-0.3, -0.25) is 0 Å². The van der Waals surface area contributed by atoms with Crippen LogP contribution in [0.3, 0.4) is 0 Å². The largest absolute Gasteiger partial charge is 0.367 e. The molecule has 0 spiro atoms. The highest BCUT2D eigenvalue weighted by Crippen LogP contribution is 2.29. The van der Waals surface area contributed by atoms with E-state index in [-0.39, 0.29) is 6.03 Å². The maximum Gasteiger partial charge on any atom is 0.321 e. The van der Waals surface area contributed by atoms with Crippen molar-refractivity contribution in [2.24, 2.45) is 0 Å². The van der Waals surface area contributed by atoms with Crippen LogP contribution in [-0.4, -0.2) is 43.4 Å². The highest BCUT2D eigenvalue weighted by atomic mass is 32.2. The fraction of sp³-hybridized carbons (Fsp3) is 0.381. The standard InChI is InChI=1S/C21H27N3OS/c1-16(2)17-8-4-5-9-18(17)22-21(25)24-14-12-23(13-15-24)19-10-6-7-11-20(19)26-3/h4-11,16H,12-15H2,1-3H3,(H,22,25). The van der Waals surface area contributed by atoms with E-state index in [0.29, 0.717) is 5.92 Å². The average molecular weight is 370 g/mol. The number of piperazine rings is 1. The normalized spacial score (nSPS) is 14.6. The number of carbonyl (C=O) groups excluding carboxylic acids is 1. The Morgan fingerprint density at radius 3 is 2.35 bits per heavy atom. The maximum absolute atomic E-state index is 12.7.